The molecule has 0 saturated heterocycles. The third kappa shape index (κ3) is 9.49. The van der Waals surface area contributed by atoms with E-state index in [-0.39, 0.29) is 0 Å². The van der Waals surface area contributed by atoms with E-state index in [1.165, 1.54) is 120 Å². The molecule has 0 atom stereocenters. The number of thiazole rings is 1. The second-order valence-electron chi connectivity index (χ2n) is 17.7. The molecule has 66 heavy (non-hydrogen) atoms. The fourth-order valence-corrected chi connectivity index (χ4v) is 11.6. The van der Waals surface area contributed by atoms with Crippen LogP contribution in [0.15, 0.2) is 150 Å². The van der Waals surface area contributed by atoms with Gasteiger partial charge < -0.3 is 9.88 Å². The number of benzene rings is 4. The van der Waals surface area contributed by atoms with Gasteiger partial charge in [0.2, 0.25) is 0 Å². The van der Waals surface area contributed by atoms with Crippen molar-refractivity contribution in [1.29, 1.82) is 0 Å². The van der Waals surface area contributed by atoms with Gasteiger partial charge in [0.15, 0.2) is 0 Å². The maximum absolute atomic E-state index is 5.40. The molecule has 4 heteroatoms. The lowest BCUT2D eigenvalue weighted by atomic mass is 9.83. The molecule has 0 fully saturated rings. The van der Waals surface area contributed by atoms with Crippen LogP contribution in [-0.4, -0.2) is 9.55 Å². The first-order valence-electron chi connectivity index (χ1n) is 24.9. The number of hydrogen-bond acceptors (Lipinski definition) is 3. The van der Waals surface area contributed by atoms with Gasteiger partial charge in [-0.25, -0.2) is 4.98 Å². The van der Waals surface area contributed by atoms with Crippen molar-refractivity contribution in [2.45, 2.75) is 126 Å². The van der Waals surface area contributed by atoms with E-state index >= 15 is 0 Å². The highest BCUT2D eigenvalue weighted by Crippen LogP contribution is 2.45. The van der Waals surface area contributed by atoms with Gasteiger partial charge in [-0.3, -0.25) is 0 Å². The molecule has 4 aliphatic carbocycles. The van der Waals surface area contributed by atoms with Crippen LogP contribution in [-0.2, 0) is 19.3 Å². The molecule has 0 amide bonds. The molecule has 0 spiro atoms. The molecule has 5 aliphatic rings. The van der Waals surface area contributed by atoms with E-state index in [9.17, 15) is 0 Å². The predicted molar refractivity (Wildman–Crippen MR) is 290 cm³/mol. The van der Waals surface area contributed by atoms with Crippen molar-refractivity contribution in [2.24, 2.45) is 0 Å². The highest BCUT2D eigenvalue weighted by Gasteiger charge is 2.26. The average molecular weight is 888 g/mol. The van der Waals surface area contributed by atoms with Crippen LogP contribution in [0, 0.1) is 6.92 Å². The number of fused-ring (bicyclic) bond motifs is 5. The summed E-state index contributed by atoms with van der Waals surface area (Å²) >= 11 is 1.77. The molecule has 0 bridgehead atoms. The Kier molecular flexibility index (Phi) is 15.2. The number of nitrogens with zero attached hydrogens (tertiary/aromatic N) is 2. The van der Waals surface area contributed by atoms with Crippen molar-refractivity contribution in [3.63, 3.8) is 0 Å². The Labute approximate surface area is 399 Å². The zero-order valence-electron chi connectivity index (χ0n) is 40.6. The Morgan fingerprint density at radius 1 is 0.606 bits per heavy atom. The van der Waals surface area contributed by atoms with Crippen LogP contribution < -0.4 is 5.32 Å². The molecular weight excluding hydrogens is 819 g/mol. The monoisotopic (exact) mass is 888 g/mol. The van der Waals surface area contributed by atoms with Crippen LogP contribution in [0.25, 0.3) is 60.4 Å². The standard InChI is InChI=1S/C44H37N3S.C14H20.2C2H6/c1-28-17-19-30(20-18-28)34-25-26-35(43-42(34)46-44(48-43)38-14-9-13-33-29(2)10-7-8-27-45-41(33)38)31-21-23-32(24-22-31)47-39-15-5-3-11-36(39)37-12-4-6-16-40(37)47;1-11-7-3-5-9-13(11)14-10-6-4-8-12(14)2;2*1-2/h5,7-10,13-15,17-27,45H,2-4,6,11-12,16H2,1H3;3,7H,4-6,8-10H2,1-2H3;2*1-2H3/b10-7-,27-8-;;;. The summed E-state index contributed by atoms with van der Waals surface area (Å²) in [6, 6.07) is 29.0. The van der Waals surface area contributed by atoms with Crippen LogP contribution >= 0.6 is 11.3 Å². The maximum atomic E-state index is 5.40. The number of nitrogens with one attached hydrogen (secondary N) is 1. The number of para-hydroxylation sites is 1. The topological polar surface area (TPSA) is 29.9 Å². The maximum Gasteiger partial charge on any atom is 0.126 e. The third-order valence-electron chi connectivity index (χ3n) is 13.7. The van der Waals surface area contributed by atoms with Crippen molar-refractivity contribution >= 4 is 38.9 Å². The molecule has 3 heterocycles. The van der Waals surface area contributed by atoms with Crippen molar-refractivity contribution in [3.8, 4) is 38.5 Å². The molecule has 3 nitrogen and oxygen atoms in total. The molecule has 2 aromatic heterocycles. The first kappa shape index (κ1) is 46.6. The van der Waals surface area contributed by atoms with E-state index in [2.05, 4.69) is 146 Å². The Hall–Kier alpha value is -5.97. The summed E-state index contributed by atoms with van der Waals surface area (Å²) in [6.07, 6.45) is 32.6. The predicted octanol–water partition coefficient (Wildman–Crippen LogP) is 18.3. The average Bonchev–Trinajstić information content (AvgIpc) is 3.96. The smallest absolute Gasteiger partial charge is 0.126 e. The van der Waals surface area contributed by atoms with Gasteiger partial charge in [-0.2, -0.15) is 0 Å². The van der Waals surface area contributed by atoms with E-state index in [0.717, 1.165) is 44.9 Å². The summed E-state index contributed by atoms with van der Waals surface area (Å²) in [5.74, 6) is 0. The largest absolute Gasteiger partial charge is 0.361 e. The summed E-state index contributed by atoms with van der Waals surface area (Å²) in [4.78, 5) is 5.40. The summed E-state index contributed by atoms with van der Waals surface area (Å²) in [5, 5.41) is 4.53. The van der Waals surface area contributed by atoms with Crippen molar-refractivity contribution in [2.75, 3.05) is 5.32 Å². The molecule has 338 valence electrons. The zero-order chi connectivity index (χ0) is 46.2. The highest BCUT2D eigenvalue weighted by molar-refractivity contribution is 7.22. The second-order valence-corrected chi connectivity index (χ2v) is 18.7. The lowest BCUT2D eigenvalue weighted by Gasteiger charge is -2.23. The van der Waals surface area contributed by atoms with Gasteiger partial charge in [0.1, 0.15) is 5.01 Å². The molecule has 1 aliphatic heterocycles. The molecular formula is C62H69N3S. The van der Waals surface area contributed by atoms with E-state index in [0.29, 0.717) is 0 Å². The number of aromatic nitrogens is 2. The Morgan fingerprint density at radius 3 is 2.08 bits per heavy atom. The quantitative estimate of drug-likeness (QED) is 0.187. The van der Waals surface area contributed by atoms with Gasteiger partial charge in [-0.05, 0) is 173 Å². The van der Waals surface area contributed by atoms with Crippen LogP contribution in [0.2, 0.25) is 0 Å². The van der Waals surface area contributed by atoms with Crippen LogP contribution in [0.5, 0.6) is 0 Å². The summed E-state index contributed by atoms with van der Waals surface area (Å²) < 4.78 is 3.75. The number of rotatable bonds is 5. The van der Waals surface area contributed by atoms with Crippen molar-refractivity contribution < 1.29 is 0 Å². The Bertz CT molecular complexity index is 2900. The van der Waals surface area contributed by atoms with E-state index in [1.807, 2.05) is 46.0 Å². The minimum atomic E-state index is 0.978. The van der Waals surface area contributed by atoms with E-state index in [1.54, 1.807) is 39.2 Å². The van der Waals surface area contributed by atoms with Crippen LogP contribution in [0.3, 0.4) is 0 Å². The molecule has 0 saturated carbocycles. The summed E-state index contributed by atoms with van der Waals surface area (Å²) in [7, 11) is 0. The van der Waals surface area contributed by atoms with Gasteiger partial charge in [-0.15, -0.1) is 11.3 Å². The lowest BCUT2D eigenvalue weighted by molar-refractivity contribution is 0.660. The lowest BCUT2D eigenvalue weighted by Crippen LogP contribution is -2.07. The van der Waals surface area contributed by atoms with Gasteiger partial charge in [0, 0.05) is 45.5 Å². The summed E-state index contributed by atoms with van der Waals surface area (Å²) in [6.45, 7) is 19.1. The second kappa shape index (κ2) is 21.6. The van der Waals surface area contributed by atoms with Crippen molar-refractivity contribution in [1.82, 2.24) is 9.55 Å². The Balaban J connectivity index is 0.000000278. The molecule has 4 aromatic carbocycles. The van der Waals surface area contributed by atoms with Gasteiger partial charge in [0.05, 0.1) is 15.9 Å². The number of allylic oxidation sites excluding steroid dienone is 11. The van der Waals surface area contributed by atoms with E-state index in [4.69, 9.17) is 4.98 Å². The SMILES string of the molecule is C=C1/C=C\C=C/Nc2c1cccc2-c1nc2c(-c3ccc(C)cc3)ccc(-c3ccc(-n4c5c(c6c4CCCC6)CCC=C5)cc3)c2s1.CC.CC.CC1=C(C2=C(C)CCCC2)CCC=C1. The van der Waals surface area contributed by atoms with Crippen molar-refractivity contribution in [3.05, 3.63) is 184 Å². The highest BCUT2D eigenvalue weighted by atomic mass is 32.1. The number of anilines is 1. The van der Waals surface area contributed by atoms with Crippen LogP contribution in [0.4, 0.5) is 5.69 Å². The normalized spacial score (nSPS) is 17.0. The number of hydrogen-bond donors (Lipinski definition) is 1. The van der Waals surface area contributed by atoms with Gasteiger partial charge in [-0.1, -0.05) is 136 Å². The van der Waals surface area contributed by atoms with Gasteiger partial charge >= 0.3 is 0 Å². The molecule has 0 radical (unpaired) electrons. The van der Waals surface area contributed by atoms with Gasteiger partial charge in [0.25, 0.3) is 0 Å². The van der Waals surface area contributed by atoms with Crippen LogP contribution in [0.1, 0.15) is 133 Å². The van der Waals surface area contributed by atoms with E-state index < -0.39 is 0 Å². The fraction of sp³-hybridized carbons (Fsp3) is 0.306. The zero-order valence-corrected chi connectivity index (χ0v) is 41.4. The molecule has 0 unspecified atom stereocenters. The fourth-order valence-electron chi connectivity index (χ4n) is 10.4. The minimum Gasteiger partial charge on any atom is -0.361 e. The first-order chi connectivity index (χ1) is 32.4. The molecule has 1 N–H and O–H groups in total. The Morgan fingerprint density at radius 2 is 1.29 bits per heavy atom. The summed E-state index contributed by atoms with van der Waals surface area (Å²) in [5.41, 5.74) is 25.2. The minimum absolute atomic E-state index is 0.978. The third-order valence-corrected chi connectivity index (χ3v) is 14.8. The first-order valence-corrected chi connectivity index (χ1v) is 25.8. The molecule has 11 rings (SSSR count). The molecule has 6 aromatic rings. The number of aryl methyl sites for hydroxylation is 1.